The summed E-state index contributed by atoms with van der Waals surface area (Å²) >= 11 is 0. The number of hydrogen-bond donors (Lipinski definition) is 1. The molecule has 0 spiro atoms. The third kappa shape index (κ3) is 4.25. The molecule has 3 rings (SSSR count). The van der Waals surface area contributed by atoms with Crippen LogP contribution in [0.5, 0.6) is 0 Å². The molecule has 1 aromatic carbocycles. The molecule has 1 saturated heterocycles. The normalized spacial score (nSPS) is 16.4. The van der Waals surface area contributed by atoms with Gasteiger partial charge in [0.15, 0.2) is 5.78 Å². The molecular weight excluding hydrogens is 357 g/mol. The van der Waals surface area contributed by atoms with E-state index in [-0.39, 0.29) is 28.1 Å². The van der Waals surface area contributed by atoms with Crippen LogP contribution in [0, 0.1) is 11.7 Å². The Bertz CT molecular complexity index is 892. The fourth-order valence-corrected chi connectivity index (χ4v) is 3.92. The van der Waals surface area contributed by atoms with Crippen molar-refractivity contribution in [3.8, 4) is 0 Å². The van der Waals surface area contributed by atoms with E-state index in [2.05, 4.69) is 14.6 Å². The van der Waals surface area contributed by atoms with Crippen molar-refractivity contribution in [3.05, 3.63) is 54.0 Å². The average molecular weight is 377 g/mol. The molecule has 138 valence electrons. The lowest BCUT2D eigenvalue weighted by Gasteiger charge is -2.27. The van der Waals surface area contributed by atoms with Crippen LogP contribution in [-0.2, 0) is 10.0 Å². The summed E-state index contributed by atoms with van der Waals surface area (Å²) in [5, 5.41) is 0. The van der Waals surface area contributed by atoms with Gasteiger partial charge in [0.1, 0.15) is 17.3 Å². The van der Waals surface area contributed by atoms with E-state index in [9.17, 15) is 17.6 Å². The van der Waals surface area contributed by atoms with E-state index in [1.54, 1.807) is 12.1 Å². The van der Waals surface area contributed by atoms with Crippen LogP contribution in [0.1, 0.15) is 23.3 Å². The molecule has 0 radical (unpaired) electrons. The molecule has 6 nitrogen and oxygen atoms in total. The maximum atomic E-state index is 13.0. The van der Waals surface area contributed by atoms with Gasteiger partial charge in [-0.05, 0) is 69.4 Å². The summed E-state index contributed by atoms with van der Waals surface area (Å²) in [5.74, 6) is -0.621. The number of carbonyl (C=O) groups is 1. The molecule has 0 unspecified atom stereocenters. The third-order valence-electron chi connectivity index (χ3n) is 4.45. The molecule has 1 N–H and O–H groups in total. The topological polar surface area (TPSA) is 79.4 Å². The number of pyridine rings is 1. The van der Waals surface area contributed by atoms with E-state index < -0.39 is 15.8 Å². The van der Waals surface area contributed by atoms with Gasteiger partial charge in [-0.25, -0.2) is 17.8 Å². The molecule has 1 fully saturated rings. The van der Waals surface area contributed by atoms with Gasteiger partial charge in [0.05, 0.1) is 4.90 Å². The standard InChI is InChI=1S/C18H20FN3O3S/c1-22-11-9-13(10-12-22)18(23)16-3-2-4-17(20-16)21-26(24,25)15-7-5-14(19)6-8-15/h2-8,13H,9-12H2,1H3,(H,20,21). The van der Waals surface area contributed by atoms with E-state index in [0.29, 0.717) is 0 Å². The Hall–Kier alpha value is -2.32. The number of aromatic nitrogens is 1. The van der Waals surface area contributed by atoms with E-state index in [4.69, 9.17) is 0 Å². The molecule has 2 aromatic rings. The number of nitrogens with one attached hydrogen (secondary N) is 1. The third-order valence-corrected chi connectivity index (χ3v) is 5.82. The Morgan fingerprint density at radius 2 is 1.81 bits per heavy atom. The van der Waals surface area contributed by atoms with Gasteiger partial charge in [-0.2, -0.15) is 0 Å². The molecule has 0 amide bonds. The Morgan fingerprint density at radius 1 is 1.15 bits per heavy atom. The highest BCUT2D eigenvalue weighted by molar-refractivity contribution is 7.92. The minimum Gasteiger partial charge on any atom is -0.306 e. The molecule has 1 aliphatic rings. The van der Waals surface area contributed by atoms with Gasteiger partial charge in [0.2, 0.25) is 0 Å². The second-order valence-electron chi connectivity index (χ2n) is 6.41. The highest BCUT2D eigenvalue weighted by Gasteiger charge is 2.25. The zero-order valence-electron chi connectivity index (χ0n) is 14.4. The van der Waals surface area contributed by atoms with Crippen molar-refractivity contribution in [2.75, 3.05) is 24.9 Å². The predicted molar refractivity (Wildman–Crippen MR) is 96.0 cm³/mol. The monoisotopic (exact) mass is 377 g/mol. The van der Waals surface area contributed by atoms with Crippen molar-refractivity contribution < 1.29 is 17.6 Å². The maximum absolute atomic E-state index is 13.0. The smallest absolute Gasteiger partial charge is 0.263 e. The number of nitrogens with zero attached hydrogens (tertiary/aromatic N) is 2. The van der Waals surface area contributed by atoms with Crippen LogP contribution >= 0.6 is 0 Å². The van der Waals surface area contributed by atoms with E-state index in [0.717, 1.165) is 38.1 Å². The summed E-state index contributed by atoms with van der Waals surface area (Å²) in [7, 11) is -1.88. The lowest BCUT2D eigenvalue weighted by atomic mass is 9.91. The molecule has 1 aliphatic heterocycles. The summed E-state index contributed by atoms with van der Waals surface area (Å²) in [6.07, 6.45) is 1.53. The zero-order valence-corrected chi connectivity index (χ0v) is 15.2. The van der Waals surface area contributed by atoms with Gasteiger partial charge in [-0.1, -0.05) is 6.07 Å². The first-order chi connectivity index (χ1) is 12.3. The molecule has 8 heteroatoms. The molecule has 0 bridgehead atoms. The van der Waals surface area contributed by atoms with Crippen LogP contribution in [0.15, 0.2) is 47.4 Å². The molecule has 0 aliphatic carbocycles. The van der Waals surface area contributed by atoms with Crippen molar-refractivity contribution in [1.29, 1.82) is 0 Å². The van der Waals surface area contributed by atoms with E-state index >= 15 is 0 Å². The first kappa shape index (κ1) is 18.5. The van der Waals surface area contributed by atoms with Crippen LogP contribution in [-0.4, -0.2) is 44.2 Å². The minimum atomic E-state index is -3.90. The lowest BCUT2D eigenvalue weighted by Crippen LogP contribution is -2.33. The summed E-state index contributed by atoms with van der Waals surface area (Å²) in [4.78, 5) is 18.9. The van der Waals surface area contributed by atoms with Crippen LogP contribution < -0.4 is 4.72 Å². The number of carbonyl (C=O) groups excluding carboxylic acids is 1. The van der Waals surface area contributed by atoms with E-state index in [1.807, 2.05) is 7.05 Å². The van der Waals surface area contributed by atoms with Gasteiger partial charge < -0.3 is 4.90 Å². The molecule has 0 saturated carbocycles. The maximum Gasteiger partial charge on any atom is 0.263 e. The largest absolute Gasteiger partial charge is 0.306 e. The predicted octanol–water partition coefficient (Wildman–Crippen LogP) is 2.55. The lowest BCUT2D eigenvalue weighted by molar-refractivity contribution is 0.0851. The molecule has 26 heavy (non-hydrogen) atoms. The van der Waals surface area contributed by atoms with Crippen LogP contribution in [0.4, 0.5) is 10.2 Å². The number of hydrogen-bond acceptors (Lipinski definition) is 5. The number of likely N-dealkylation sites (tertiary alicyclic amines) is 1. The first-order valence-corrected chi connectivity index (χ1v) is 9.82. The fraction of sp³-hybridized carbons (Fsp3) is 0.333. The van der Waals surface area contributed by atoms with Gasteiger partial charge in [-0.3, -0.25) is 9.52 Å². The highest BCUT2D eigenvalue weighted by Crippen LogP contribution is 2.21. The zero-order chi connectivity index (χ0) is 18.7. The SMILES string of the molecule is CN1CCC(C(=O)c2cccc(NS(=O)(=O)c3ccc(F)cc3)n2)CC1. The second kappa shape index (κ2) is 7.51. The number of anilines is 1. The van der Waals surface area contributed by atoms with Crippen molar-refractivity contribution in [3.63, 3.8) is 0 Å². The second-order valence-corrected chi connectivity index (χ2v) is 8.09. The summed E-state index contributed by atoms with van der Waals surface area (Å²) in [6, 6.07) is 9.15. The Kier molecular flexibility index (Phi) is 5.33. The number of rotatable bonds is 5. The van der Waals surface area contributed by atoms with Crippen molar-refractivity contribution >= 4 is 21.6 Å². The van der Waals surface area contributed by atoms with Crippen LogP contribution in [0.2, 0.25) is 0 Å². The van der Waals surface area contributed by atoms with Crippen molar-refractivity contribution in [1.82, 2.24) is 9.88 Å². The molecule has 0 atom stereocenters. The Morgan fingerprint density at radius 3 is 2.46 bits per heavy atom. The number of benzene rings is 1. The van der Waals surface area contributed by atoms with Crippen molar-refractivity contribution in [2.24, 2.45) is 5.92 Å². The summed E-state index contributed by atoms with van der Waals surface area (Å²) in [5.41, 5.74) is 0.249. The van der Waals surface area contributed by atoms with Gasteiger partial charge in [0.25, 0.3) is 10.0 Å². The minimum absolute atomic E-state index is 0.0631. The summed E-state index contributed by atoms with van der Waals surface area (Å²) < 4.78 is 40.0. The average Bonchev–Trinajstić information content (AvgIpc) is 2.62. The molecular formula is C18H20FN3O3S. The van der Waals surface area contributed by atoms with Crippen LogP contribution in [0.25, 0.3) is 0 Å². The van der Waals surface area contributed by atoms with Crippen LogP contribution in [0.3, 0.4) is 0 Å². The number of sulfonamides is 1. The number of ketones is 1. The first-order valence-electron chi connectivity index (χ1n) is 8.33. The number of halogens is 1. The summed E-state index contributed by atoms with van der Waals surface area (Å²) in [6.45, 7) is 1.71. The fourth-order valence-electron chi connectivity index (χ4n) is 2.92. The molecule has 2 heterocycles. The van der Waals surface area contributed by atoms with Gasteiger partial charge in [0, 0.05) is 5.92 Å². The highest BCUT2D eigenvalue weighted by atomic mass is 32.2. The Balaban J connectivity index is 1.77. The number of Topliss-reactive ketones (excluding diaryl/α,β-unsaturated/α-hetero) is 1. The van der Waals surface area contributed by atoms with E-state index in [1.165, 1.54) is 18.2 Å². The van der Waals surface area contributed by atoms with Gasteiger partial charge in [-0.15, -0.1) is 0 Å². The van der Waals surface area contributed by atoms with Gasteiger partial charge >= 0.3 is 0 Å². The Labute approximate surface area is 152 Å². The number of piperidine rings is 1. The quantitative estimate of drug-likeness (QED) is 0.810. The molecule has 1 aromatic heterocycles. The van der Waals surface area contributed by atoms with Crippen molar-refractivity contribution in [2.45, 2.75) is 17.7 Å².